The summed E-state index contributed by atoms with van der Waals surface area (Å²) in [4.78, 5) is 9.56. The van der Waals surface area contributed by atoms with E-state index in [1.165, 1.54) is 44.3 Å². The Morgan fingerprint density at radius 1 is 1.15 bits per heavy atom. The molecular formula is C16H22N4. The van der Waals surface area contributed by atoms with Crippen LogP contribution in [0.15, 0.2) is 18.3 Å². The van der Waals surface area contributed by atoms with Gasteiger partial charge in [0.25, 0.3) is 0 Å². The van der Waals surface area contributed by atoms with Crippen molar-refractivity contribution in [1.82, 2.24) is 19.9 Å². The first-order chi connectivity index (χ1) is 9.93. The Bertz CT molecular complexity index is 592. The Kier molecular flexibility index (Phi) is 3.19. The number of hydrogen-bond acceptors (Lipinski definition) is 3. The van der Waals surface area contributed by atoms with Gasteiger partial charge in [-0.1, -0.05) is 19.3 Å². The summed E-state index contributed by atoms with van der Waals surface area (Å²) < 4.78 is 2.48. The van der Waals surface area contributed by atoms with Crippen molar-refractivity contribution in [3.63, 3.8) is 0 Å². The quantitative estimate of drug-likeness (QED) is 0.912. The van der Waals surface area contributed by atoms with Gasteiger partial charge in [-0.05, 0) is 37.9 Å². The highest BCUT2D eigenvalue weighted by molar-refractivity contribution is 5.71. The Balaban J connectivity index is 1.83. The maximum Gasteiger partial charge on any atom is 0.160 e. The van der Waals surface area contributed by atoms with Gasteiger partial charge in [0.2, 0.25) is 0 Å². The monoisotopic (exact) mass is 270 g/mol. The van der Waals surface area contributed by atoms with E-state index in [1.54, 1.807) is 0 Å². The molecule has 2 fully saturated rings. The maximum atomic E-state index is 4.93. The van der Waals surface area contributed by atoms with Crippen LogP contribution in [0.1, 0.15) is 56.3 Å². The summed E-state index contributed by atoms with van der Waals surface area (Å²) in [6.45, 7) is 2.18. The third-order valence-electron chi connectivity index (χ3n) is 4.84. The lowest BCUT2D eigenvalue weighted by molar-refractivity contribution is 0.347. The van der Waals surface area contributed by atoms with Crippen LogP contribution in [0.2, 0.25) is 0 Å². The second-order valence-electron chi connectivity index (χ2n) is 6.17. The smallest absolute Gasteiger partial charge is 0.160 e. The first-order valence-electron chi connectivity index (χ1n) is 7.97. The Morgan fingerprint density at radius 2 is 2.05 bits per heavy atom. The molecule has 4 nitrogen and oxygen atoms in total. The minimum atomic E-state index is 0.561. The van der Waals surface area contributed by atoms with Crippen molar-refractivity contribution < 1.29 is 0 Å². The molecule has 106 valence electrons. The normalized spacial score (nSPS) is 24.5. The molecule has 1 aliphatic heterocycles. The topological polar surface area (TPSA) is 42.7 Å². The van der Waals surface area contributed by atoms with Crippen LogP contribution < -0.4 is 5.32 Å². The molecule has 1 N–H and O–H groups in total. The van der Waals surface area contributed by atoms with Gasteiger partial charge in [0, 0.05) is 24.7 Å². The average molecular weight is 270 g/mol. The van der Waals surface area contributed by atoms with Crippen LogP contribution in [0.3, 0.4) is 0 Å². The number of pyridine rings is 1. The van der Waals surface area contributed by atoms with Crippen LogP contribution in [0, 0.1) is 0 Å². The molecule has 2 aromatic rings. The number of rotatable bonds is 2. The average Bonchev–Trinajstić information content (AvgIpc) is 3.15. The van der Waals surface area contributed by atoms with E-state index in [4.69, 9.17) is 4.98 Å². The van der Waals surface area contributed by atoms with Crippen molar-refractivity contribution in [2.24, 2.45) is 0 Å². The van der Waals surface area contributed by atoms with Crippen molar-refractivity contribution in [3.05, 3.63) is 24.2 Å². The van der Waals surface area contributed by atoms with Gasteiger partial charge in [-0.15, -0.1) is 0 Å². The minimum Gasteiger partial charge on any atom is -0.316 e. The third-order valence-corrected chi connectivity index (χ3v) is 4.84. The number of imidazole rings is 1. The molecule has 0 bridgehead atoms. The molecular weight excluding hydrogens is 248 g/mol. The number of nitrogens with zero attached hydrogens (tertiary/aromatic N) is 3. The molecule has 4 heteroatoms. The summed E-state index contributed by atoms with van der Waals surface area (Å²) in [5.74, 6) is 1.83. The standard InChI is InChI=1S/C16H22N4/c1-2-5-13(6-3-1)20-15(12-8-10-17-11-12)19-14-7-4-9-18-16(14)20/h4,7,9,12-13,17H,1-3,5-6,8,10-11H2. The van der Waals surface area contributed by atoms with E-state index in [0.717, 1.165) is 24.3 Å². The second-order valence-corrected chi connectivity index (χ2v) is 6.17. The number of fused-ring (bicyclic) bond motifs is 1. The molecule has 2 aliphatic rings. The lowest BCUT2D eigenvalue weighted by Gasteiger charge is -2.26. The maximum absolute atomic E-state index is 4.93. The van der Waals surface area contributed by atoms with Gasteiger partial charge in [-0.2, -0.15) is 0 Å². The highest BCUT2D eigenvalue weighted by Gasteiger charge is 2.28. The van der Waals surface area contributed by atoms with Gasteiger partial charge in [0.05, 0.1) is 0 Å². The highest BCUT2D eigenvalue weighted by Crippen LogP contribution is 2.35. The predicted molar refractivity (Wildman–Crippen MR) is 79.9 cm³/mol. The van der Waals surface area contributed by atoms with E-state index < -0.39 is 0 Å². The molecule has 20 heavy (non-hydrogen) atoms. The fourth-order valence-corrected chi connectivity index (χ4v) is 3.81. The Morgan fingerprint density at radius 3 is 2.85 bits per heavy atom. The SMILES string of the molecule is c1cnc2c(c1)nc(C1CCNC1)n2C1CCCCC1. The van der Waals surface area contributed by atoms with E-state index in [9.17, 15) is 0 Å². The Labute approximate surface area is 119 Å². The van der Waals surface area contributed by atoms with Crippen LogP contribution in [-0.4, -0.2) is 27.6 Å². The summed E-state index contributed by atoms with van der Waals surface area (Å²) in [5, 5.41) is 3.47. The summed E-state index contributed by atoms with van der Waals surface area (Å²) in [5.41, 5.74) is 2.17. The molecule has 0 spiro atoms. The number of nitrogens with one attached hydrogen (secondary N) is 1. The molecule has 0 aromatic carbocycles. The summed E-state index contributed by atoms with van der Waals surface area (Å²) in [7, 11) is 0. The molecule has 1 atom stereocenters. The van der Waals surface area contributed by atoms with Crippen LogP contribution >= 0.6 is 0 Å². The van der Waals surface area contributed by atoms with Crippen molar-refractivity contribution in [2.75, 3.05) is 13.1 Å². The molecule has 1 unspecified atom stereocenters. The largest absolute Gasteiger partial charge is 0.316 e. The fraction of sp³-hybridized carbons (Fsp3) is 0.625. The van der Waals surface area contributed by atoms with E-state index >= 15 is 0 Å². The van der Waals surface area contributed by atoms with Gasteiger partial charge in [-0.25, -0.2) is 9.97 Å². The summed E-state index contributed by atoms with van der Waals surface area (Å²) in [6, 6.07) is 4.71. The zero-order chi connectivity index (χ0) is 13.4. The number of aromatic nitrogens is 3. The first-order valence-corrected chi connectivity index (χ1v) is 7.97. The lowest BCUT2D eigenvalue weighted by Crippen LogP contribution is -2.19. The fourth-order valence-electron chi connectivity index (χ4n) is 3.81. The molecule has 4 rings (SSSR count). The molecule has 0 radical (unpaired) electrons. The third kappa shape index (κ3) is 2.03. The van der Waals surface area contributed by atoms with Crippen LogP contribution in [-0.2, 0) is 0 Å². The van der Waals surface area contributed by atoms with Crippen molar-refractivity contribution >= 4 is 11.2 Å². The van der Waals surface area contributed by atoms with Crippen LogP contribution in [0.25, 0.3) is 11.2 Å². The summed E-state index contributed by atoms with van der Waals surface area (Å²) in [6.07, 6.45) is 9.76. The molecule has 1 saturated carbocycles. The predicted octanol–water partition coefficient (Wildman–Crippen LogP) is 3.01. The van der Waals surface area contributed by atoms with Gasteiger partial charge >= 0.3 is 0 Å². The Hall–Kier alpha value is -1.42. The van der Waals surface area contributed by atoms with Crippen molar-refractivity contribution in [1.29, 1.82) is 0 Å². The number of hydrogen-bond donors (Lipinski definition) is 1. The zero-order valence-corrected chi connectivity index (χ0v) is 11.9. The van der Waals surface area contributed by atoms with E-state index in [-0.39, 0.29) is 0 Å². The van der Waals surface area contributed by atoms with E-state index in [0.29, 0.717) is 12.0 Å². The highest BCUT2D eigenvalue weighted by atomic mass is 15.2. The molecule has 0 amide bonds. The van der Waals surface area contributed by atoms with Gasteiger partial charge in [-0.3, -0.25) is 0 Å². The van der Waals surface area contributed by atoms with Crippen LogP contribution in [0.4, 0.5) is 0 Å². The van der Waals surface area contributed by atoms with Gasteiger partial charge in [0.15, 0.2) is 5.65 Å². The molecule has 1 aliphatic carbocycles. The van der Waals surface area contributed by atoms with Crippen LogP contribution in [0.5, 0.6) is 0 Å². The summed E-state index contributed by atoms with van der Waals surface area (Å²) >= 11 is 0. The molecule has 2 aromatic heterocycles. The second kappa shape index (κ2) is 5.17. The van der Waals surface area contributed by atoms with E-state index in [1.807, 2.05) is 12.3 Å². The van der Waals surface area contributed by atoms with E-state index in [2.05, 4.69) is 20.9 Å². The van der Waals surface area contributed by atoms with Gasteiger partial charge < -0.3 is 9.88 Å². The lowest BCUT2D eigenvalue weighted by atomic mass is 9.94. The van der Waals surface area contributed by atoms with Crippen molar-refractivity contribution in [3.8, 4) is 0 Å². The van der Waals surface area contributed by atoms with Crippen molar-refractivity contribution in [2.45, 2.75) is 50.5 Å². The molecule has 3 heterocycles. The minimum absolute atomic E-state index is 0.561. The first kappa shape index (κ1) is 12.3. The zero-order valence-electron chi connectivity index (χ0n) is 11.9. The van der Waals surface area contributed by atoms with Gasteiger partial charge in [0.1, 0.15) is 11.3 Å². The molecule has 1 saturated heterocycles.